The summed E-state index contributed by atoms with van der Waals surface area (Å²) in [7, 11) is 0. The van der Waals surface area contributed by atoms with Crippen LogP contribution in [-0.2, 0) is 25.6 Å². The minimum absolute atomic E-state index is 0.120. The fourth-order valence-corrected chi connectivity index (χ4v) is 2.87. The van der Waals surface area contributed by atoms with Crippen LogP contribution in [0.5, 0.6) is 0 Å². The third kappa shape index (κ3) is 2.57. The van der Waals surface area contributed by atoms with Gasteiger partial charge < -0.3 is 20.4 Å². The SMILES string of the molecule is O=C(O)C1(C(=O)O)C=CC(Cc2ccccc2)=CC1(C(=O)O)C(=O)O. The maximum Gasteiger partial charge on any atom is 0.327 e. The highest BCUT2D eigenvalue weighted by molar-refractivity contribution is 6.16. The van der Waals surface area contributed by atoms with Gasteiger partial charge in [0, 0.05) is 0 Å². The largest absolute Gasteiger partial charge is 0.480 e. The van der Waals surface area contributed by atoms with Gasteiger partial charge in [-0.05, 0) is 17.6 Å². The molecule has 0 amide bonds. The van der Waals surface area contributed by atoms with Crippen molar-refractivity contribution in [1.29, 1.82) is 0 Å². The van der Waals surface area contributed by atoms with Crippen LogP contribution in [0.2, 0.25) is 0 Å². The first-order valence-electron chi connectivity index (χ1n) is 7.07. The second kappa shape index (κ2) is 6.23. The van der Waals surface area contributed by atoms with Crippen LogP contribution in [0, 0.1) is 10.8 Å². The molecule has 130 valence electrons. The first kappa shape index (κ1) is 17.9. The molecule has 1 aromatic rings. The number of hydrogen-bond acceptors (Lipinski definition) is 4. The van der Waals surface area contributed by atoms with Gasteiger partial charge in [-0.2, -0.15) is 0 Å². The molecule has 8 heteroatoms. The molecule has 4 N–H and O–H groups in total. The smallest absolute Gasteiger partial charge is 0.327 e. The van der Waals surface area contributed by atoms with E-state index in [0.717, 1.165) is 11.6 Å². The molecule has 0 atom stereocenters. The Kier molecular flexibility index (Phi) is 4.47. The Labute approximate surface area is 141 Å². The third-order valence-corrected chi connectivity index (χ3v) is 4.17. The predicted octanol–water partition coefficient (Wildman–Crippen LogP) is 1.04. The maximum absolute atomic E-state index is 11.8. The summed E-state index contributed by atoms with van der Waals surface area (Å²) >= 11 is 0. The van der Waals surface area contributed by atoms with E-state index in [0.29, 0.717) is 12.2 Å². The van der Waals surface area contributed by atoms with Crippen molar-refractivity contribution in [2.45, 2.75) is 6.42 Å². The molecule has 0 aliphatic heterocycles. The fourth-order valence-electron chi connectivity index (χ4n) is 2.87. The van der Waals surface area contributed by atoms with Gasteiger partial charge in [0.2, 0.25) is 10.8 Å². The predicted molar refractivity (Wildman–Crippen MR) is 82.8 cm³/mol. The van der Waals surface area contributed by atoms with Crippen molar-refractivity contribution in [3.8, 4) is 0 Å². The number of aliphatic carboxylic acids is 4. The van der Waals surface area contributed by atoms with Crippen LogP contribution in [0.4, 0.5) is 0 Å². The van der Waals surface area contributed by atoms with Crippen LogP contribution in [0.25, 0.3) is 0 Å². The number of benzene rings is 1. The lowest BCUT2D eigenvalue weighted by Crippen LogP contribution is -2.60. The Morgan fingerprint density at radius 2 is 1.24 bits per heavy atom. The van der Waals surface area contributed by atoms with E-state index in [2.05, 4.69) is 0 Å². The quantitative estimate of drug-likeness (QED) is 0.558. The first-order valence-corrected chi connectivity index (χ1v) is 7.07. The number of carboxylic acids is 4. The van der Waals surface area contributed by atoms with E-state index < -0.39 is 34.7 Å². The van der Waals surface area contributed by atoms with Crippen LogP contribution in [-0.4, -0.2) is 44.3 Å². The van der Waals surface area contributed by atoms with Gasteiger partial charge in [-0.25, -0.2) is 0 Å². The number of rotatable bonds is 6. The molecule has 1 aliphatic rings. The van der Waals surface area contributed by atoms with Gasteiger partial charge in [-0.3, -0.25) is 19.2 Å². The summed E-state index contributed by atoms with van der Waals surface area (Å²) in [4.78, 5) is 46.7. The Bertz CT molecular complexity index is 775. The van der Waals surface area contributed by atoms with Gasteiger partial charge in [-0.15, -0.1) is 0 Å². The molecule has 0 bridgehead atoms. The van der Waals surface area contributed by atoms with Crippen LogP contribution >= 0.6 is 0 Å². The van der Waals surface area contributed by atoms with Crippen molar-refractivity contribution < 1.29 is 39.6 Å². The van der Waals surface area contributed by atoms with E-state index in [1.54, 1.807) is 30.3 Å². The number of allylic oxidation sites excluding steroid dienone is 2. The van der Waals surface area contributed by atoms with E-state index in [-0.39, 0.29) is 12.0 Å². The Morgan fingerprint density at radius 1 is 0.760 bits per heavy atom. The van der Waals surface area contributed by atoms with Gasteiger partial charge in [-0.1, -0.05) is 48.6 Å². The summed E-state index contributed by atoms with van der Waals surface area (Å²) in [5, 5.41) is 37.7. The summed E-state index contributed by atoms with van der Waals surface area (Å²) in [6.07, 6.45) is 2.58. The molecule has 0 unspecified atom stereocenters. The molecule has 8 nitrogen and oxygen atoms in total. The van der Waals surface area contributed by atoms with E-state index in [1.807, 2.05) is 0 Å². The Hall–Kier alpha value is -3.42. The maximum atomic E-state index is 11.8. The summed E-state index contributed by atoms with van der Waals surface area (Å²) in [6, 6.07) is 8.64. The third-order valence-electron chi connectivity index (χ3n) is 4.17. The van der Waals surface area contributed by atoms with Crippen molar-refractivity contribution in [3.63, 3.8) is 0 Å². The summed E-state index contributed by atoms with van der Waals surface area (Å²) in [5.41, 5.74) is -5.43. The van der Waals surface area contributed by atoms with E-state index in [4.69, 9.17) is 0 Å². The molecule has 1 aromatic carbocycles. The lowest BCUT2D eigenvalue weighted by atomic mass is 9.59. The van der Waals surface area contributed by atoms with Gasteiger partial charge in [0.1, 0.15) is 0 Å². The zero-order valence-corrected chi connectivity index (χ0v) is 12.7. The molecule has 0 aromatic heterocycles. The Balaban J connectivity index is 2.68. The summed E-state index contributed by atoms with van der Waals surface area (Å²) in [5.74, 6) is -8.29. The zero-order valence-electron chi connectivity index (χ0n) is 12.7. The monoisotopic (exact) mass is 346 g/mol. The minimum atomic E-state index is -3.18. The molecule has 0 fully saturated rings. The van der Waals surface area contributed by atoms with Gasteiger partial charge in [0.05, 0.1) is 0 Å². The highest BCUT2D eigenvalue weighted by Crippen LogP contribution is 2.47. The molecule has 2 rings (SSSR count). The molecule has 0 spiro atoms. The average Bonchev–Trinajstić information content (AvgIpc) is 2.54. The molecular weight excluding hydrogens is 332 g/mol. The number of carboxylic acid groups (broad SMARTS) is 4. The first-order chi connectivity index (χ1) is 11.7. The minimum Gasteiger partial charge on any atom is -0.480 e. The van der Waals surface area contributed by atoms with Crippen LogP contribution in [0.3, 0.4) is 0 Å². The summed E-state index contributed by atoms with van der Waals surface area (Å²) < 4.78 is 0. The van der Waals surface area contributed by atoms with E-state index in [9.17, 15) is 39.6 Å². The zero-order chi connectivity index (χ0) is 18.8. The standard InChI is InChI=1S/C17H14O8/c18-12(19)16(13(20)21)7-6-11(8-10-4-2-1-3-5-10)9-17(16,14(22)23)15(24)25/h1-7,9H,8H2,(H,18,19)(H,20,21)(H,22,23)(H,24,25). The lowest BCUT2D eigenvalue weighted by Gasteiger charge is -2.37. The molecule has 0 saturated carbocycles. The number of carbonyl (C=O) groups is 4. The van der Waals surface area contributed by atoms with Crippen molar-refractivity contribution in [2.24, 2.45) is 10.8 Å². The second-order valence-electron chi connectivity index (χ2n) is 5.55. The van der Waals surface area contributed by atoms with Crippen LogP contribution in [0.1, 0.15) is 5.56 Å². The van der Waals surface area contributed by atoms with E-state index in [1.165, 1.54) is 0 Å². The lowest BCUT2D eigenvalue weighted by molar-refractivity contribution is -0.185. The van der Waals surface area contributed by atoms with Crippen molar-refractivity contribution in [3.05, 3.63) is 59.7 Å². The van der Waals surface area contributed by atoms with Crippen molar-refractivity contribution >= 4 is 23.9 Å². The van der Waals surface area contributed by atoms with Gasteiger partial charge in [0.25, 0.3) is 0 Å². The second-order valence-corrected chi connectivity index (χ2v) is 5.55. The topological polar surface area (TPSA) is 149 Å². The van der Waals surface area contributed by atoms with Gasteiger partial charge in [0.15, 0.2) is 0 Å². The molecular formula is C17H14O8. The number of hydrogen-bond donors (Lipinski definition) is 4. The van der Waals surface area contributed by atoms with Crippen molar-refractivity contribution in [2.75, 3.05) is 0 Å². The average molecular weight is 346 g/mol. The molecule has 1 aliphatic carbocycles. The fraction of sp³-hybridized carbons (Fsp3) is 0.176. The molecule has 0 radical (unpaired) electrons. The summed E-state index contributed by atoms with van der Waals surface area (Å²) in [6.45, 7) is 0. The van der Waals surface area contributed by atoms with Crippen molar-refractivity contribution in [1.82, 2.24) is 0 Å². The van der Waals surface area contributed by atoms with Crippen LogP contribution < -0.4 is 0 Å². The molecule has 0 saturated heterocycles. The van der Waals surface area contributed by atoms with Gasteiger partial charge >= 0.3 is 23.9 Å². The molecule has 25 heavy (non-hydrogen) atoms. The van der Waals surface area contributed by atoms with E-state index >= 15 is 0 Å². The molecule has 0 heterocycles. The highest BCUT2D eigenvalue weighted by atomic mass is 16.4. The normalized spacial score (nSPS) is 17.4. The Morgan fingerprint density at radius 3 is 1.68 bits per heavy atom. The van der Waals surface area contributed by atoms with Crippen LogP contribution in [0.15, 0.2) is 54.1 Å². The highest BCUT2D eigenvalue weighted by Gasteiger charge is 2.70.